The first-order chi connectivity index (χ1) is 7.72. The number of carbonyl (C=O) groups is 1. The summed E-state index contributed by atoms with van der Waals surface area (Å²) in [6.45, 7) is 0. The van der Waals surface area contributed by atoms with Crippen molar-refractivity contribution in [3.63, 3.8) is 0 Å². The highest BCUT2D eigenvalue weighted by molar-refractivity contribution is 6.02. The molecule has 86 valence electrons. The molecule has 0 radical (unpaired) electrons. The van der Waals surface area contributed by atoms with Crippen molar-refractivity contribution in [3.05, 3.63) is 23.8 Å². The molecule has 1 fully saturated rings. The van der Waals surface area contributed by atoms with E-state index in [2.05, 4.69) is 0 Å². The van der Waals surface area contributed by atoms with E-state index >= 15 is 0 Å². The number of rotatable bonds is 3. The highest BCUT2D eigenvalue weighted by atomic mass is 16.5. The molecular formula is C13H17NO2. The van der Waals surface area contributed by atoms with Crippen LogP contribution in [0.25, 0.3) is 0 Å². The zero-order chi connectivity index (χ0) is 11.5. The molecule has 16 heavy (non-hydrogen) atoms. The number of carbonyl (C=O) groups excluding carboxylic acids is 1. The van der Waals surface area contributed by atoms with Gasteiger partial charge in [-0.15, -0.1) is 0 Å². The van der Waals surface area contributed by atoms with Gasteiger partial charge < -0.3 is 10.5 Å². The van der Waals surface area contributed by atoms with Crippen molar-refractivity contribution in [1.82, 2.24) is 0 Å². The van der Waals surface area contributed by atoms with Crippen LogP contribution in [-0.4, -0.2) is 12.9 Å². The lowest BCUT2D eigenvalue weighted by molar-refractivity contribution is 0.0924. The molecule has 0 amide bonds. The van der Waals surface area contributed by atoms with Gasteiger partial charge in [0.1, 0.15) is 5.75 Å². The number of benzene rings is 1. The fraction of sp³-hybridized carbons (Fsp3) is 0.462. The van der Waals surface area contributed by atoms with Crippen molar-refractivity contribution in [1.29, 1.82) is 0 Å². The molecule has 1 aromatic rings. The molecular weight excluding hydrogens is 202 g/mol. The smallest absolute Gasteiger partial charge is 0.168 e. The number of Topliss-reactive ketones (excluding diaryl/α,β-unsaturated/α-hetero) is 1. The number of nitrogens with two attached hydrogens (primary N) is 1. The van der Waals surface area contributed by atoms with E-state index in [1.807, 2.05) is 0 Å². The first-order valence-corrected chi connectivity index (χ1v) is 5.70. The Morgan fingerprint density at radius 3 is 2.62 bits per heavy atom. The van der Waals surface area contributed by atoms with E-state index in [0.29, 0.717) is 17.0 Å². The maximum absolute atomic E-state index is 12.1. The maximum atomic E-state index is 12.1. The van der Waals surface area contributed by atoms with Crippen molar-refractivity contribution >= 4 is 11.5 Å². The number of nitrogen functional groups attached to an aromatic ring is 1. The van der Waals surface area contributed by atoms with Crippen LogP contribution >= 0.6 is 0 Å². The fourth-order valence-corrected chi connectivity index (χ4v) is 2.30. The van der Waals surface area contributed by atoms with E-state index in [0.717, 1.165) is 25.7 Å². The van der Waals surface area contributed by atoms with Crippen molar-refractivity contribution in [2.75, 3.05) is 12.8 Å². The van der Waals surface area contributed by atoms with Gasteiger partial charge in [0, 0.05) is 23.2 Å². The summed E-state index contributed by atoms with van der Waals surface area (Å²) in [4.78, 5) is 12.1. The van der Waals surface area contributed by atoms with E-state index in [1.54, 1.807) is 25.3 Å². The van der Waals surface area contributed by atoms with Crippen molar-refractivity contribution in [2.45, 2.75) is 25.7 Å². The molecule has 0 heterocycles. The summed E-state index contributed by atoms with van der Waals surface area (Å²) in [6.07, 6.45) is 4.33. The third-order valence-corrected chi connectivity index (χ3v) is 3.25. The Hall–Kier alpha value is -1.51. The Morgan fingerprint density at radius 2 is 2.06 bits per heavy atom. The van der Waals surface area contributed by atoms with Crippen LogP contribution < -0.4 is 10.5 Å². The molecule has 2 N–H and O–H groups in total. The third kappa shape index (κ3) is 2.03. The average molecular weight is 219 g/mol. The minimum atomic E-state index is 0.177. The summed E-state index contributed by atoms with van der Waals surface area (Å²) in [5, 5.41) is 0. The number of methoxy groups -OCH3 is 1. The van der Waals surface area contributed by atoms with Crippen LogP contribution in [0.3, 0.4) is 0 Å². The molecule has 1 saturated carbocycles. The number of anilines is 1. The van der Waals surface area contributed by atoms with Crippen molar-refractivity contribution in [2.24, 2.45) is 5.92 Å². The third-order valence-electron chi connectivity index (χ3n) is 3.25. The first kappa shape index (κ1) is 11.0. The van der Waals surface area contributed by atoms with E-state index < -0.39 is 0 Å². The molecule has 3 nitrogen and oxygen atoms in total. The Labute approximate surface area is 95.6 Å². The molecule has 1 aliphatic carbocycles. The van der Waals surface area contributed by atoms with Gasteiger partial charge in [-0.2, -0.15) is 0 Å². The van der Waals surface area contributed by atoms with E-state index in [1.165, 1.54) is 0 Å². The van der Waals surface area contributed by atoms with Crippen LogP contribution in [0, 0.1) is 5.92 Å². The molecule has 1 aliphatic rings. The first-order valence-electron chi connectivity index (χ1n) is 5.70. The molecule has 1 aromatic carbocycles. The molecule has 0 aromatic heterocycles. The Balaban J connectivity index is 2.22. The second kappa shape index (κ2) is 4.56. The van der Waals surface area contributed by atoms with Gasteiger partial charge in [0.05, 0.1) is 7.11 Å². The van der Waals surface area contributed by atoms with Crippen LogP contribution in [0.2, 0.25) is 0 Å². The van der Waals surface area contributed by atoms with Gasteiger partial charge in [0.25, 0.3) is 0 Å². The average Bonchev–Trinajstić information content (AvgIpc) is 2.81. The van der Waals surface area contributed by atoms with Gasteiger partial charge >= 0.3 is 0 Å². The largest absolute Gasteiger partial charge is 0.497 e. The number of hydrogen-bond donors (Lipinski definition) is 1. The summed E-state index contributed by atoms with van der Waals surface area (Å²) in [7, 11) is 1.59. The predicted molar refractivity (Wildman–Crippen MR) is 63.7 cm³/mol. The summed E-state index contributed by atoms with van der Waals surface area (Å²) in [5.41, 5.74) is 7.03. The van der Waals surface area contributed by atoms with Crippen LogP contribution in [0.1, 0.15) is 36.0 Å². The highest BCUT2D eigenvalue weighted by Gasteiger charge is 2.25. The molecule has 0 saturated heterocycles. The van der Waals surface area contributed by atoms with Crippen LogP contribution in [-0.2, 0) is 0 Å². The Kier molecular flexibility index (Phi) is 3.13. The maximum Gasteiger partial charge on any atom is 0.168 e. The lowest BCUT2D eigenvalue weighted by Gasteiger charge is -2.11. The summed E-state index contributed by atoms with van der Waals surface area (Å²) in [6, 6.07) is 5.27. The Morgan fingerprint density at radius 1 is 1.38 bits per heavy atom. The van der Waals surface area contributed by atoms with E-state index in [9.17, 15) is 4.79 Å². The number of hydrogen-bond acceptors (Lipinski definition) is 3. The van der Waals surface area contributed by atoms with Gasteiger partial charge in [0.2, 0.25) is 0 Å². The zero-order valence-electron chi connectivity index (χ0n) is 9.53. The zero-order valence-corrected chi connectivity index (χ0v) is 9.53. The molecule has 0 unspecified atom stereocenters. The van der Waals surface area contributed by atoms with Gasteiger partial charge in [0.15, 0.2) is 5.78 Å². The molecule has 0 bridgehead atoms. The minimum Gasteiger partial charge on any atom is -0.497 e. The molecule has 0 atom stereocenters. The Bertz CT molecular complexity index is 395. The van der Waals surface area contributed by atoms with Gasteiger partial charge in [-0.05, 0) is 25.0 Å². The second-order valence-corrected chi connectivity index (χ2v) is 4.30. The number of ketones is 1. The normalized spacial score (nSPS) is 16.3. The quantitative estimate of drug-likeness (QED) is 0.628. The summed E-state index contributed by atoms with van der Waals surface area (Å²) >= 11 is 0. The van der Waals surface area contributed by atoms with Gasteiger partial charge in [-0.3, -0.25) is 4.79 Å². The topological polar surface area (TPSA) is 52.3 Å². The SMILES string of the molecule is COc1ccc(C(=O)C2CCCC2)c(N)c1. The molecule has 3 heteroatoms. The second-order valence-electron chi connectivity index (χ2n) is 4.30. The van der Waals surface area contributed by atoms with Crippen molar-refractivity contribution in [3.8, 4) is 5.75 Å². The molecule has 0 spiro atoms. The van der Waals surface area contributed by atoms with Gasteiger partial charge in [-0.1, -0.05) is 12.8 Å². The van der Waals surface area contributed by atoms with E-state index in [-0.39, 0.29) is 11.7 Å². The van der Waals surface area contributed by atoms with Crippen LogP contribution in [0.5, 0.6) is 5.75 Å². The minimum absolute atomic E-state index is 0.177. The lowest BCUT2D eigenvalue weighted by atomic mass is 9.95. The van der Waals surface area contributed by atoms with E-state index in [4.69, 9.17) is 10.5 Å². The lowest BCUT2D eigenvalue weighted by Crippen LogP contribution is -2.13. The van der Waals surface area contributed by atoms with Crippen molar-refractivity contribution < 1.29 is 9.53 Å². The highest BCUT2D eigenvalue weighted by Crippen LogP contribution is 2.30. The summed E-state index contributed by atoms with van der Waals surface area (Å²) in [5.74, 6) is 1.06. The van der Waals surface area contributed by atoms with Gasteiger partial charge in [-0.25, -0.2) is 0 Å². The summed E-state index contributed by atoms with van der Waals surface area (Å²) < 4.78 is 5.06. The van der Waals surface area contributed by atoms with Crippen LogP contribution in [0.15, 0.2) is 18.2 Å². The standard InChI is InChI=1S/C13H17NO2/c1-16-10-6-7-11(12(14)8-10)13(15)9-4-2-3-5-9/h6-9H,2-5,14H2,1H3. The molecule has 2 rings (SSSR count). The fourth-order valence-electron chi connectivity index (χ4n) is 2.30. The monoisotopic (exact) mass is 219 g/mol. The number of ether oxygens (including phenoxy) is 1. The molecule has 0 aliphatic heterocycles. The predicted octanol–water partition coefficient (Wildman–Crippen LogP) is 2.65. The van der Waals surface area contributed by atoms with Crippen LogP contribution in [0.4, 0.5) is 5.69 Å².